The Morgan fingerprint density at radius 3 is 2.21 bits per heavy atom. The van der Waals surface area contributed by atoms with Gasteiger partial charge in [-0.25, -0.2) is 0 Å². The molecule has 0 atom stereocenters. The van der Waals surface area contributed by atoms with Gasteiger partial charge in [0.1, 0.15) is 13.1 Å². The summed E-state index contributed by atoms with van der Waals surface area (Å²) in [6.07, 6.45) is -5.61. The fourth-order valence-corrected chi connectivity index (χ4v) is 1.21. The molecule has 0 radical (unpaired) electrons. The molecular weight excluding hydrogens is 271 g/mol. The maximum absolute atomic E-state index is 12.2. The molecule has 0 spiro atoms. The highest BCUT2D eigenvalue weighted by atomic mass is 19.4. The molecule has 1 amide bonds. The summed E-state index contributed by atoms with van der Waals surface area (Å²) >= 11 is 0. The van der Waals surface area contributed by atoms with Crippen LogP contribution in [0.15, 0.2) is 0 Å². The molecule has 1 N–H and O–H groups in total. The number of amides is 1. The minimum absolute atomic E-state index is 0.0917. The number of rotatable bonds is 7. The van der Waals surface area contributed by atoms with E-state index in [0.29, 0.717) is 0 Å². The van der Waals surface area contributed by atoms with Crippen LogP contribution in [0, 0.1) is 0 Å². The first-order valence-electron chi connectivity index (χ1n) is 5.37. The largest absolute Gasteiger partial charge is 0.480 e. The first-order valence-corrected chi connectivity index (χ1v) is 5.37. The number of carbonyl (C=O) groups excluding carboxylic acids is 2. The lowest BCUT2D eigenvalue weighted by molar-refractivity contribution is -0.166. The Kier molecular flexibility index (Phi) is 6.87. The molecule has 0 bridgehead atoms. The molecule has 0 fully saturated rings. The van der Waals surface area contributed by atoms with Gasteiger partial charge < -0.3 is 14.7 Å². The molecule has 6 nitrogen and oxygen atoms in total. The summed E-state index contributed by atoms with van der Waals surface area (Å²) in [6, 6.07) is 0. The molecule has 9 heteroatoms. The zero-order valence-corrected chi connectivity index (χ0v) is 10.2. The van der Waals surface area contributed by atoms with E-state index < -0.39 is 43.5 Å². The number of halogens is 3. The number of aliphatic carboxylic acids is 1. The highest BCUT2D eigenvalue weighted by molar-refractivity contribution is 5.84. The van der Waals surface area contributed by atoms with Gasteiger partial charge in [-0.1, -0.05) is 0 Å². The second-order valence-corrected chi connectivity index (χ2v) is 3.56. The van der Waals surface area contributed by atoms with Crippen molar-refractivity contribution in [2.45, 2.75) is 25.9 Å². The predicted molar refractivity (Wildman–Crippen MR) is 56.1 cm³/mol. The van der Waals surface area contributed by atoms with Crippen LogP contribution in [0.2, 0.25) is 0 Å². The molecule has 0 saturated carbocycles. The summed E-state index contributed by atoms with van der Waals surface area (Å²) in [5.74, 6) is -3.35. The molecule has 0 aromatic carbocycles. The van der Waals surface area contributed by atoms with Crippen LogP contribution >= 0.6 is 0 Å². The average Bonchev–Trinajstić information content (AvgIpc) is 2.22. The minimum Gasteiger partial charge on any atom is -0.480 e. The van der Waals surface area contributed by atoms with E-state index in [4.69, 9.17) is 5.11 Å². The standard InChI is InChI=1S/C10H14F3NO5/c1-2-19-9(18)4-3-7(15)14(5-8(16)17)6-10(11,12)13/h2-6H2,1H3,(H,16,17). The smallest absolute Gasteiger partial charge is 0.406 e. The van der Waals surface area contributed by atoms with Crippen molar-refractivity contribution in [3.05, 3.63) is 0 Å². The van der Waals surface area contributed by atoms with Crippen molar-refractivity contribution in [3.8, 4) is 0 Å². The van der Waals surface area contributed by atoms with Gasteiger partial charge in [-0.2, -0.15) is 13.2 Å². The number of carboxylic acid groups (broad SMARTS) is 1. The van der Waals surface area contributed by atoms with Crippen molar-refractivity contribution in [1.29, 1.82) is 0 Å². The van der Waals surface area contributed by atoms with Crippen LogP contribution in [0.3, 0.4) is 0 Å². The highest BCUT2D eigenvalue weighted by Crippen LogP contribution is 2.17. The zero-order valence-electron chi connectivity index (χ0n) is 10.2. The normalized spacial score (nSPS) is 10.9. The Labute approximate surface area is 107 Å². The third kappa shape index (κ3) is 8.86. The van der Waals surface area contributed by atoms with Crippen LogP contribution < -0.4 is 0 Å². The van der Waals surface area contributed by atoms with Crippen molar-refractivity contribution in [2.24, 2.45) is 0 Å². The van der Waals surface area contributed by atoms with E-state index in [1.807, 2.05) is 0 Å². The van der Waals surface area contributed by atoms with Crippen molar-refractivity contribution in [1.82, 2.24) is 4.90 Å². The van der Waals surface area contributed by atoms with E-state index in [0.717, 1.165) is 0 Å². The van der Waals surface area contributed by atoms with Gasteiger partial charge >= 0.3 is 18.1 Å². The average molecular weight is 285 g/mol. The zero-order chi connectivity index (χ0) is 15.1. The number of nitrogens with zero attached hydrogens (tertiary/aromatic N) is 1. The van der Waals surface area contributed by atoms with Gasteiger partial charge in [-0.3, -0.25) is 14.4 Å². The number of alkyl halides is 3. The van der Waals surface area contributed by atoms with Crippen molar-refractivity contribution in [3.63, 3.8) is 0 Å². The van der Waals surface area contributed by atoms with Gasteiger partial charge in [-0.15, -0.1) is 0 Å². The van der Waals surface area contributed by atoms with Crippen LogP contribution in [0.1, 0.15) is 19.8 Å². The van der Waals surface area contributed by atoms with E-state index >= 15 is 0 Å². The fourth-order valence-electron chi connectivity index (χ4n) is 1.21. The quantitative estimate of drug-likeness (QED) is 0.700. The minimum atomic E-state index is -4.70. The van der Waals surface area contributed by atoms with Gasteiger partial charge in [0, 0.05) is 6.42 Å². The monoisotopic (exact) mass is 285 g/mol. The van der Waals surface area contributed by atoms with Crippen LogP contribution in [-0.2, 0) is 19.1 Å². The van der Waals surface area contributed by atoms with E-state index in [2.05, 4.69) is 4.74 Å². The molecule has 0 aliphatic carbocycles. The Balaban J connectivity index is 4.46. The van der Waals surface area contributed by atoms with Crippen LogP contribution in [0.25, 0.3) is 0 Å². The van der Waals surface area contributed by atoms with Crippen LogP contribution in [0.5, 0.6) is 0 Å². The number of esters is 1. The Bertz CT molecular complexity index is 343. The number of carboxylic acids is 1. The summed E-state index contributed by atoms with van der Waals surface area (Å²) in [5.41, 5.74) is 0. The number of hydrogen-bond donors (Lipinski definition) is 1. The Hall–Kier alpha value is -1.80. The molecular formula is C10H14F3NO5. The number of hydrogen-bond acceptors (Lipinski definition) is 4. The van der Waals surface area contributed by atoms with Crippen molar-refractivity contribution in [2.75, 3.05) is 19.7 Å². The summed E-state index contributed by atoms with van der Waals surface area (Å²) in [5, 5.41) is 8.44. The summed E-state index contributed by atoms with van der Waals surface area (Å²) < 4.78 is 41.0. The second-order valence-electron chi connectivity index (χ2n) is 3.56. The molecule has 0 aromatic rings. The number of carbonyl (C=O) groups is 3. The lowest BCUT2D eigenvalue weighted by Crippen LogP contribution is -2.42. The summed E-state index contributed by atoms with van der Waals surface area (Å²) in [7, 11) is 0. The first kappa shape index (κ1) is 17.2. The molecule has 0 aliphatic rings. The second kappa shape index (κ2) is 7.59. The van der Waals surface area contributed by atoms with Gasteiger partial charge in [-0.05, 0) is 6.92 Å². The third-order valence-electron chi connectivity index (χ3n) is 1.90. The lowest BCUT2D eigenvalue weighted by atomic mass is 10.2. The maximum Gasteiger partial charge on any atom is 0.406 e. The van der Waals surface area contributed by atoms with Gasteiger partial charge in [0.2, 0.25) is 5.91 Å². The molecule has 0 unspecified atom stereocenters. The van der Waals surface area contributed by atoms with E-state index in [-0.39, 0.29) is 17.9 Å². The van der Waals surface area contributed by atoms with Crippen LogP contribution in [0.4, 0.5) is 13.2 Å². The Morgan fingerprint density at radius 2 is 1.79 bits per heavy atom. The molecule has 0 heterocycles. The highest BCUT2D eigenvalue weighted by Gasteiger charge is 2.33. The molecule has 0 saturated heterocycles. The van der Waals surface area contributed by atoms with Crippen LogP contribution in [-0.4, -0.2) is 53.7 Å². The molecule has 0 aromatic heterocycles. The molecule has 0 rings (SSSR count). The fraction of sp³-hybridized carbons (Fsp3) is 0.700. The molecule has 19 heavy (non-hydrogen) atoms. The van der Waals surface area contributed by atoms with Gasteiger partial charge in [0.15, 0.2) is 0 Å². The topological polar surface area (TPSA) is 83.9 Å². The maximum atomic E-state index is 12.2. The Morgan fingerprint density at radius 1 is 1.21 bits per heavy atom. The van der Waals surface area contributed by atoms with Gasteiger partial charge in [0.25, 0.3) is 0 Å². The lowest BCUT2D eigenvalue weighted by Gasteiger charge is -2.21. The first-order chi connectivity index (χ1) is 8.65. The molecule has 0 aliphatic heterocycles. The van der Waals surface area contributed by atoms with E-state index in [9.17, 15) is 27.6 Å². The van der Waals surface area contributed by atoms with E-state index in [1.54, 1.807) is 6.92 Å². The predicted octanol–water partition coefficient (Wildman–Crippen LogP) is 0.805. The van der Waals surface area contributed by atoms with Crippen molar-refractivity contribution >= 4 is 17.8 Å². The summed E-state index contributed by atoms with van der Waals surface area (Å²) in [6.45, 7) is -1.10. The number of ether oxygens (including phenoxy) is 1. The van der Waals surface area contributed by atoms with Gasteiger partial charge in [0.05, 0.1) is 13.0 Å². The van der Waals surface area contributed by atoms with E-state index in [1.165, 1.54) is 0 Å². The van der Waals surface area contributed by atoms with Crippen molar-refractivity contribution < 1.29 is 37.4 Å². The summed E-state index contributed by atoms with van der Waals surface area (Å²) in [4.78, 5) is 32.9. The SMILES string of the molecule is CCOC(=O)CCC(=O)N(CC(=O)O)CC(F)(F)F. The molecule has 110 valence electrons. The third-order valence-corrected chi connectivity index (χ3v) is 1.90.